The van der Waals surface area contributed by atoms with E-state index in [4.69, 9.17) is 4.74 Å². The van der Waals surface area contributed by atoms with Crippen LogP contribution in [-0.2, 0) is 9.53 Å². The molecule has 0 aromatic heterocycles. The van der Waals surface area contributed by atoms with Gasteiger partial charge in [-0.15, -0.1) is 0 Å². The van der Waals surface area contributed by atoms with Crippen LogP contribution in [0.4, 0.5) is 0 Å². The molecule has 0 N–H and O–H groups in total. The first-order chi connectivity index (χ1) is 9.84. The van der Waals surface area contributed by atoms with E-state index in [1.807, 2.05) is 0 Å². The maximum absolute atomic E-state index is 12.5. The Morgan fingerprint density at radius 1 is 1.00 bits per heavy atom. The van der Waals surface area contributed by atoms with Crippen LogP contribution in [0.5, 0.6) is 0 Å². The summed E-state index contributed by atoms with van der Waals surface area (Å²) in [6.07, 6.45) is 8.37. The number of rotatable bonds is 4. The fourth-order valence-electron chi connectivity index (χ4n) is 3.64. The number of piperidine rings is 1. The zero-order valence-electron chi connectivity index (χ0n) is 12.6. The van der Waals surface area contributed by atoms with E-state index < -0.39 is 0 Å². The molecule has 0 spiro atoms. The van der Waals surface area contributed by atoms with E-state index in [1.54, 1.807) is 0 Å². The van der Waals surface area contributed by atoms with Crippen molar-refractivity contribution in [2.24, 2.45) is 5.92 Å². The Hall–Kier alpha value is -0.610. The van der Waals surface area contributed by atoms with Gasteiger partial charge in [-0.05, 0) is 38.5 Å². The predicted octanol–water partition coefficient (Wildman–Crippen LogP) is 1.89. The Morgan fingerprint density at radius 3 is 2.50 bits per heavy atom. The van der Waals surface area contributed by atoms with Crippen LogP contribution in [0.15, 0.2) is 0 Å². The van der Waals surface area contributed by atoms with Crippen LogP contribution in [-0.4, -0.2) is 61.1 Å². The second kappa shape index (κ2) is 6.90. The van der Waals surface area contributed by atoms with Crippen molar-refractivity contribution in [3.63, 3.8) is 0 Å². The number of ether oxygens (including phenoxy) is 1. The van der Waals surface area contributed by atoms with E-state index in [-0.39, 0.29) is 0 Å². The molecule has 2 heterocycles. The molecule has 0 unspecified atom stereocenters. The lowest BCUT2D eigenvalue weighted by atomic mass is 9.83. The summed E-state index contributed by atoms with van der Waals surface area (Å²) < 4.78 is 5.40. The van der Waals surface area contributed by atoms with Crippen molar-refractivity contribution in [2.75, 3.05) is 39.4 Å². The number of carbonyl (C=O) groups is 1. The van der Waals surface area contributed by atoms with Gasteiger partial charge in [-0.2, -0.15) is 0 Å². The number of hydrogen-bond acceptors (Lipinski definition) is 3. The largest absolute Gasteiger partial charge is 0.379 e. The first-order valence-corrected chi connectivity index (χ1v) is 8.45. The number of hydrogen-bond donors (Lipinski definition) is 0. The zero-order valence-corrected chi connectivity index (χ0v) is 12.6. The fraction of sp³-hybridized carbons (Fsp3) is 0.938. The van der Waals surface area contributed by atoms with Crippen LogP contribution in [0.2, 0.25) is 0 Å². The van der Waals surface area contributed by atoms with Gasteiger partial charge in [0.1, 0.15) is 0 Å². The molecule has 2 saturated heterocycles. The summed E-state index contributed by atoms with van der Waals surface area (Å²) >= 11 is 0. The maximum atomic E-state index is 12.5. The summed E-state index contributed by atoms with van der Waals surface area (Å²) in [5.74, 6) is 0.821. The third-order valence-corrected chi connectivity index (χ3v) is 5.25. The second-order valence-corrected chi connectivity index (χ2v) is 6.55. The smallest absolute Gasteiger partial charge is 0.225 e. The van der Waals surface area contributed by atoms with Crippen LogP contribution in [0.1, 0.15) is 44.9 Å². The van der Waals surface area contributed by atoms with E-state index in [9.17, 15) is 4.79 Å². The molecule has 1 aliphatic carbocycles. The Balaban J connectivity index is 1.50. The van der Waals surface area contributed by atoms with Crippen LogP contribution in [0.3, 0.4) is 0 Å². The van der Waals surface area contributed by atoms with Gasteiger partial charge in [-0.3, -0.25) is 9.69 Å². The first-order valence-electron chi connectivity index (χ1n) is 8.45. The molecule has 0 bridgehead atoms. The van der Waals surface area contributed by atoms with Crippen LogP contribution in [0, 0.1) is 5.92 Å². The Morgan fingerprint density at radius 2 is 1.80 bits per heavy atom. The van der Waals surface area contributed by atoms with E-state index in [0.29, 0.717) is 17.9 Å². The highest BCUT2D eigenvalue weighted by Gasteiger charge is 2.34. The van der Waals surface area contributed by atoms with Gasteiger partial charge in [0.05, 0.1) is 13.2 Å². The van der Waals surface area contributed by atoms with Crippen molar-refractivity contribution in [3.8, 4) is 0 Å². The monoisotopic (exact) mass is 280 g/mol. The SMILES string of the molecule is O=C(C1CCC1)N1CCCC[C@H]1CCN1CCOCC1. The van der Waals surface area contributed by atoms with Gasteiger partial charge in [0.25, 0.3) is 0 Å². The van der Waals surface area contributed by atoms with Crippen molar-refractivity contribution in [3.05, 3.63) is 0 Å². The minimum absolute atomic E-state index is 0.360. The minimum Gasteiger partial charge on any atom is -0.379 e. The highest BCUT2D eigenvalue weighted by atomic mass is 16.5. The number of likely N-dealkylation sites (tertiary alicyclic amines) is 1. The highest BCUT2D eigenvalue weighted by molar-refractivity contribution is 5.80. The average Bonchev–Trinajstić information content (AvgIpc) is 2.45. The molecule has 20 heavy (non-hydrogen) atoms. The average molecular weight is 280 g/mol. The quantitative estimate of drug-likeness (QED) is 0.788. The molecule has 2 aliphatic heterocycles. The fourth-order valence-corrected chi connectivity index (χ4v) is 3.64. The van der Waals surface area contributed by atoms with Crippen molar-refractivity contribution in [2.45, 2.75) is 51.0 Å². The number of carbonyl (C=O) groups excluding carboxylic acids is 1. The predicted molar refractivity (Wildman–Crippen MR) is 78.6 cm³/mol. The van der Waals surface area contributed by atoms with Crippen molar-refractivity contribution >= 4 is 5.91 Å². The lowest BCUT2D eigenvalue weighted by Crippen LogP contribution is -2.49. The number of amides is 1. The molecular weight excluding hydrogens is 252 g/mol. The summed E-state index contributed by atoms with van der Waals surface area (Å²) in [5.41, 5.74) is 0. The molecule has 114 valence electrons. The standard InChI is InChI=1S/C16H28N2O2/c19-16(14-4-3-5-14)18-8-2-1-6-15(18)7-9-17-10-12-20-13-11-17/h14-15H,1-13H2/t15-/m0/s1. The molecule has 1 amide bonds. The molecule has 0 radical (unpaired) electrons. The highest BCUT2D eigenvalue weighted by Crippen LogP contribution is 2.31. The van der Waals surface area contributed by atoms with Crippen molar-refractivity contribution < 1.29 is 9.53 Å². The van der Waals surface area contributed by atoms with Gasteiger partial charge >= 0.3 is 0 Å². The van der Waals surface area contributed by atoms with Crippen LogP contribution in [0.25, 0.3) is 0 Å². The Bertz CT molecular complexity index is 324. The van der Waals surface area contributed by atoms with E-state index in [1.165, 1.54) is 25.7 Å². The molecule has 1 atom stereocenters. The summed E-state index contributed by atoms with van der Waals surface area (Å²) in [7, 11) is 0. The minimum atomic E-state index is 0.360. The second-order valence-electron chi connectivity index (χ2n) is 6.55. The Labute approximate surface area is 122 Å². The van der Waals surface area contributed by atoms with Crippen LogP contribution >= 0.6 is 0 Å². The summed E-state index contributed by atoms with van der Waals surface area (Å²) in [4.78, 5) is 17.3. The number of nitrogens with zero attached hydrogens (tertiary/aromatic N) is 2. The van der Waals surface area contributed by atoms with Gasteiger partial charge in [0, 0.05) is 38.1 Å². The molecule has 4 heteroatoms. The third kappa shape index (κ3) is 3.34. The van der Waals surface area contributed by atoms with Crippen LogP contribution < -0.4 is 0 Å². The Kier molecular flexibility index (Phi) is 4.94. The zero-order chi connectivity index (χ0) is 13.8. The molecule has 3 fully saturated rings. The molecular formula is C16H28N2O2. The molecule has 0 aromatic carbocycles. The van der Waals surface area contributed by atoms with E-state index in [0.717, 1.165) is 58.7 Å². The third-order valence-electron chi connectivity index (χ3n) is 5.25. The molecule has 4 nitrogen and oxygen atoms in total. The number of morpholine rings is 1. The first kappa shape index (κ1) is 14.3. The molecule has 3 rings (SSSR count). The summed E-state index contributed by atoms with van der Waals surface area (Å²) in [6.45, 7) is 5.99. The van der Waals surface area contributed by atoms with Gasteiger partial charge in [0.15, 0.2) is 0 Å². The lowest BCUT2D eigenvalue weighted by molar-refractivity contribution is -0.142. The van der Waals surface area contributed by atoms with Gasteiger partial charge < -0.3 is 9.64 Å². The van der Waals surface area contributed by atoms with Gasteiger partial charge in [0.2, 0.25) is 5.91 Å². The molecule has 3 aliphatic rings. The molecule has 0 aromatic rings. The van der Waals surface area contributed by atoms with Gasteiger partial charge in [-0.1, -0.05) is 6.42 Å². The van der Waals surface area contributed by atoms with Crippen molar-refractivity contribution in [1.29, 1.82) is 0 Å². The van der Waals surface area contributed by atoms with E-state index in [2.05, 4.69) is 9.80 Å². The summed E-state index contributed by atoms with van der Waals surface area (Å²) in [5, 5.41) is 0. The maximum Gasteiger partial charge on any atom is 0.225 e. The molecule has 1 saturated carbocycles. The lowest BCUT2D eigenvalue weighted by Gasteiger charge is -2.41. The van der Waals surface area contributed by atoms with Crippen molar-refractivity contribution in [1.82, 2.24) is 9.80 Å². The summed E-state index contributed by atoms with van der Waals surface area (Å²) in [6, 6.07) is 0.500. The van der Waals surface area contributed by atoms with Gasteiger partial charge in [-0.25, -0.2) is 0 Å². The van der Waals surface area contributed by atoms with E-state index >= 15 is 0 Å². The normalized spacial score (nSPS) is 29.2. The topological polar surface area (TPSA) is 32.8 Å².